The summed E-state index contributed by atoms with van der Waals surface area (Å²) in [6, 6.07) is 3.41. The highest BCUT2D eigenvalue weighted by Gasteiger charge is 2.23. The largest absolute Gasteiger partial charge is 0.455 e. The van der Waals surface area contributed by atoms with Crippen molar-refractivity contribution in [1.82, 2.24) is 9.97 Å². The predicted molar refractivity (Wildman–Crippen MR) is 73.8 cm³/mol. The van der Waals surface area contributed by atoms with E-state index < -0.39 is 23.2 Å². The highest BCUT2D eigenvalue weighted by Crippen LogP contribution is 2.21. The molecule has 0 atom stereocenters. The van der Waals surface area contributed by atoms with E-state index in [9.17, 15) is 13.6 Å². The summed E-state index contributed by atoms with van der Waals surface area (Å²) in [5.74, 6) is -2.19. The SMILES string of the molecule is Cc1[nH]c(-c2ccc(F)c(F)c2)nc1C(=O)OC(C)(C)C. The summed E-state index contributed by atoms with van der Waals surface area (Å²) in [7, 11) is 0. The minimum absolute atomic E-state index is 0.129. The van der Waals surface area contributed by atoms with Gasteiger partial charge in [-0.05, 0) is 45.9 Å². The zero-order valence-electron chi connectivity index (χ0n) is 12.3. The molecule has 0 aliphatic carbocycles. The number of H-pyrrole nitrogens is 1. The first-order chi connectivity index (χ1) is 9.67. The van der Waals surface area contributed by atoms with E-state index in [1.54, 1.807) is 27.7 Å². The summed E-state index contributed by atoms with van der Waals surface area (Å²) in [5, 5.41) is 0. The van der Waals surface area contributed by atoms with Gasteiger partial charge in [-0.25, -0.2) is 18.6 Å². The Hall–Kier alpha value is -2.24. The third kappa shape index (κ3) is 3.45. The van der Waals surface area contributed by atoms with Crippen molar-refractivity contribution in [3.63, 3.8) is 0 Å². The Balaban J connectivity index is 2.34. The van der Waals surface area contributed by atoms with E-state index >= 15 is 0 Å². The van der Waals surface area contributed by atoms with E-state index in [0.29, 0.717) is 11.3 Å². The highest BCUT2D eigenvalue weighted by atomic mass is 19.2. The van der Waals surface area contributed by atoms with Gasteiger partial charge in [-0.15, -0.1) is 0 Å². The predicted octanol–water partition coefficient (Wildman–Crippen LogP) is 3.62. The number of hydrogen-bond acceptors (Lipinski definition) is 3. The van der Waals surface area contributed by atoms with Gasteiger partial charge in [0, 0.05) is 11.3 Å². The number of benzene rings is 1. The standard InChI is InChI=1S/C15H16F2N2O2/c1-8-12(14(20)21-15(2,3)4)19-13(18-8)9-5-6-10(16)11(17)7-9/h5-7H,1-4H3,(H,18,19). The quantitative estimate of drug-likeness (QED) is 0.861. The molecule has 0 amide bonds. The van der Waals surface area contributed by atoms with Crippen LogP contribution in [0.1, 0.15) is 37.0 Å². The van der Waals surface area contributed by atoms with E-state index in [1.807, 2.05) is 0 Å². The van der Waals surface area contributed by atoms with Gasteiger partial charge >= 0.3 is 5.97 Å². The average Bonchev–Trinajstić information content (AvgIpc) is 2.73. The molecule has 21 heavy (non-hydrogen) atoms. The van der Waals surface area contributed by atoms with Gasteiger partial charge in [-0.1, -0.05) is 0 Å². The molecular weight excluding hydrogens is 278 g/mol. The Morgan fingerprint density at radius 2 is 1.90 bits per heavy atom. The van der Waals surface area contributed by atoms with Crippen molar-refractivity contribution in [1.29, 1.82) is 0 Å². The van der Waals surface area contributed by atoms with Gasteiger partial charge in [0.1, 0.15) is 11.4 Å². The van der Waals surface area contributed by atoms with Crippen LogP contribution in [-0.2, 0) is 4.74 Å². The molecule has 0 saturated heterocycles. The smallest absolute Gasteiger partial charge is 0.359 e. The van der Waals surface area contributed by atoms with Crippen molar-refractivity contribution in [2.24, 2.45) is 0 Å². The topological polar surface area (TPSA) is 55.0 Å². The third-order valence-electron chi connectivity index (χ3n) is 2.67. The van der Waals surface area contributed by atoms with Crippen molar-refractivity contribution < 1.29 is 18.3 Å². The van der Waals surface area contributed by atoms with Crippen molar-refractivity contribution in [3.8, 4) is 11.4 Å². The summed E-state index contributed by atoms with van der Waals surface area (Å²) >= 11 is 0. The number of carbonyl (C=O) groups is 1. The summed E-state index contributed by atoms with van der Waals surface area (Å²) < 4.78 is 31.4. The number of aromatic amines is 1. The summed E-state index contributed by atoms with van der Waals surface area (Å²) in [6.45, 7) is 6.92. The minimum Gasteiger partial charge on any atom is -0.455 e. The lowest BCUT2D eigenvalue weighted by Gasteiger charge is -2.18. The van der Waals surface area contributed by atoms with Crippen LogP contribution in [0.4, 0.5) is 8.78 Å². The Morgan fingerprint density at radius 3 is 2.48 bits per heavy atom. The Labute approximate surface area is 121 Å². The van der Waals surface area contributed by atoms with Gasteiger partial charge in [0.2, 0.25) is 0 Å². The molecule has 0 bridgehead atoms. The van der Waals surface area contributed by atoms with Crippen LogP contribution in [-0.4, -0.2) is 21.5 Å². The summed E-state index contributed by atoms with van der Waals surface area (Å²) in [4.78, 5) is 19.0. The molecule has 4 nitrogen and oxygen atoms in total. The first kappa shape index (κ1) is 15.2. The second kappa shape index (κ2) is 5.27. The molecule has 6 heteroatoms. The van der Waals surface area contributed by atoms with E-state index in [0.717, 1.165) is 12.1 Å². The van der Waals surface area contributed by atoms with Gasteiger partial charge in [0.25, 0.3) is 0 Å². The monoisotopic (exact) mass is 294 g/mol. The normalized spacial score (nSPS) is 11.5. The summed E-state index contributed by atoms with van der Waals surface area (Å²) in [6.07, 6.45) is 0. The lowest BCUT2D eigenvalue weighted by atomic mass is 10.2. The number of ether oxygens (including phenoxy) is 1. The van der Waals surface area contributed by atoms with Gasteiger partial charge < -0.3 is 9.72 Å². The molecule has 1 aromatic carbocycles. The second-order valence-corrected chi connectivity index (χ2v) is 5.69. The molecule has 2 aromatic rings. The average molecular weight is 294 g/mol. The van der Waals surface area contributed by atoms with Crippen LogP contribution in [0.5, 0.6) is 0 Å². The van der Waals surface area contributed by atoms with Gasteiger partial charge in [0.15, 0.2) is 17.3 Å². The molecule has 1 aromatic heterocycles. The fourth-order valence-electron chi connectivity index (χ4n) is 1.77. The number of nitrogens with zero attached hydrogens (tertiary/aromatic N) is 1. The van der Waals surface area contributed by atoms with Crippen LogP contribution in [0, 0.1) is 18.6 Å². The number of halogens is 2. The Kier molecular flexibility index (Phi) is 3.80. The van der Waals surface area contributed by atoms with Crippen molar-refractivity contribution in [2.75, 3.05) is 0 Å². The molecule has 0 aliphatic heterocycles. The number of imidazole rings is 1. The molecule has 0 aliphatic rings. The zero-order chi connectivity index (χ0) is 15.8. The number of esters is 1. The molecular formula is C15H16F2N2O2. The molecule has 0 spiro atoms. The van der Waals surface area contributed by atoms with Crippen molar-refractivity contribution in [2.45, 2.75) is 33.3 Å². The fraction of sp³-hybridized carbons (Fsp3) is 0.333. The first-order valence-electron chi connectivity index (χ1n) is 6.43. The van der Waals surface area contributed by atoms with Crippen LogP contribution in [0.15, 0.2) is 18.2 Å². The number of aromatic nitrogens is 2. The van der Waals surface area contributed by atoms with E-state index in [4.69, 9.17) is 4.74 Å². The van der Waals surface area contributed by atoms with Crippen LogP contribution >= 0.6 is 0 Å². The maximum atomic E-state index is 13.2. The van der Waals surface area contributed by atoms with Crippen molar-refractivity contribution >= 4 is 5.97 Å². The number of carbonyl (C=O) groups excluding carboxylic acids is 1. The lowest BCUT2D eigenvalue weighted by Crippen LogP contribution is -2.24. The lowest BCUT2D eigenvalue weighted by molar-refractivity contribution is 0.00627. The zero-order valence-corrected chi connectivity index (χ0v) is 12.3. The number of aryl methyl sites for hydroxylation is 1. The molecule has 0 unspecified atom stereocenters. The van der Waals surface area contributed by atoms with E-state index in [1.165, 1.54) is 6.07 Å². The van der Waals surface area contributed by atoms with Crippen LogP contribution in [0.2, 0.25) is 0 Å². The highest BCUT2D eigenvalue weighted by molar-refractivity contribution is 5.89. The maximum absolute atomic E-state index is 13.2. The van der Waals surface area contributed by atoms with Crippen LogP contribution < -0.4 is 0 Å². The number of nitrogens with one attached hydrogen (secondary N) is 1. The van der Waals surface area contributed by atoms with Crippen LogP contribution in [0.25, 0.3) is 11.4 Å². The number of rotatable bonds is 2. The first-order valence-corrected chi connectivity index (χ1v) is 6.43. The van der Waals surface area contributed by atoms with Crippen molar-refractivity contribution in [3.05, 3.63) is 41.2 Å². The van der Waals surface area contributed by atoms with E-state index in [2.05, 4.69) is 9.97 Å². The Bertz CT molecular complexity index is 687. The number of hydrogen-bond donors (Lipinski definition) is 1. The molecule has 112 valence electrons. The molecule has 2 rings (SSSR count). The maximum Gasteiger partial charge on any atom is 0.359 e. The van der Waals surface area contributed by atoms with Gasteiger partial charge in [-0.3, -0.25) is 0 Å². The summed E-state index contributed by atoms with van der Waals surface area (Å²) in [5.41, 5.74) is 0.352. The van der Waals surface area contributed by atoms with Crippen LogP contribution in [0.3, 0.4) is 0 Å². The third-order valence-corrected chi connectivity index (χ3v) is 2.67. The second-order valence-electron chi connectivity index (χ2n) is 5.69. The van der Waals surface area contributed by atoms with Gasteiger partial charge in [-0.2, -0.15) is 0 Å². The molecule has 0 radical (unpaired) electrons. The molecule has 0 saturated carbocycles. The molecule has 0 fully saturated rings. The minimum atomic E-state index is -0.972. The van der Waals surface area contributed by atoms with Gasteiger partial charge in [0.05, 0.1) is 0 Å². The molecule has 1 N–H and O–H groups in total. The Morgan fingerprint density at radius 1 is 1.24 bits per heavy atom. The molecule has 1 heterocycles. The fourth-order valence-corrected chi connectivity index (χ4v) is 1.77. The van der Waals surface area contributed by atoms with E-state index in [-0.39, 0.29) is 11.5 Å².